The normalized spacial score (nSPS) is 16.6. The number of hydrazone groups is 1. The Hall–Kier alpha value is -3.22. The molecule has 0 radical (unpaired) electrons. The number of aromatic nitrogens is 1. The fourth-order valence-corrected chi connectivity index (χ4v) is 3.86. The Morgan fingerprint density at radius 3 is 2.84 bits per heavy atom. The predicted octanol–water partition coefficient (Wildman–Crippen LogP) is 4.01. The van der Waals surface area contributed by atoms with Crippen LogP contribution in [0.3, 0.4) is 0 Å². The SMILES string of the molecule is C=C1OCCN1CCOc1cc(N2CCCCC2)cc(/C=N/Nc2cccc(C)c2)n1. The maximum absolute atomic E-state index is 6.01. The van der Waals surface area contributed by atoms with E-state index in [0.29, 0.717) is 25.0 Å². The van der Waals surface area contributed by atoms with Crippen molar-refractivity contribution in [3.63, 3.8) is 0 Å². The highest BCUT2D eigenvalue weighted by atomic mass is 16.5. The maximum Gasteiger partial charge on any atom is 0.215 e. The number of anilines is 2. The molecule has 4 rings (SSSR count). The minimum absolute atomic E-state index is 0.525. The van der Waals surface area contributed by atoms with Gasteiger partial charge in [-0.05, 0) is 56.5 Å². The number of hydrogen-bond donors (Lipinski definition) is 1. The van der Waals surface area contributed by atoms with Gasteiger partial charge in [-0.15, -0.1) is 0 Å². The van der Waals surface area contributed by atoms with Gasteiger partial charge in [0.05, 0.1) is 30.7 Å². The Balaban J connectivity index is 1.45. The molecule has 31 heavy (non-hydrogen) atoms. The van der Waals surface area contributed by atoms with Crippen molar-refractivity contribution in [2.24, 2.45) is 5.10 Å². The topological polar surface area (TPSA) is 62.2 Å². The van der Waals surface area contributed by atoms with Gasteiger partial charge >= 0.3 is 0 Å². The van der Waals surface area contributed by atoms with Crippen molar-refractivity contribution >= 4 is 17.6 Å². The van der Waals surface area contributed by atoms with Crippen LogP contribution < -0.4 is 15.1 Å². The third-order valence-corrected chi connectivity index (χ3v) is 5.53. The van der Waals surface area contributed by atoms with Crippen molar-refractivity contribution < 1.29 is 9.47 Å². The van der Waals surface area contributed by atoms with Crippen molar-refractivity contribution in [1.29, 1.82) is 0 Å². The molecule has 2 saturated heterocycles. The highest BCUT2D eigenvalue weighted by Gasteiger charge is 2.17. The second-order valence-electron chi connectivity index (χ2n) is 7.95. The van der Waals surface area contributed by atoms with Crippen molar-refractivity contribution in [2.45, 2.75) is 26.2 Å². The summed E-state index contributed by atoms with van der Waals surface area (Å²) in [7, 11) is 0. The molecule has 2 aliphatic heterocycles. The first-order valence-electron chi connectivity index (χ1n) is 11.0. The molecule has 0 spiro atoms. The minimum Gasteiger partial charge on any atom is -0.478 e. The lowest BCUT2D eigenvalue weighted by atomic mass is 10.1. The fraction of sp³-hybridized carbons (Fsp3) is 0.417. The molecule has 0 aliphatic carbocycles. The van der Waals surface area contributed by atoms with E-state index in [4.69, 9.17) is 9.47 Å². The van der Waals surface area contributed by atoms with E-state index in [9.17, 15) is 0 Å². The van der Waals surface area contributed by atoms with Crippen LogP contribution in [0.15, 0.2) is 54.0 Å². The summed E-state index contributed by atoms with van der Waals surface area (Å²) in [6, 6.07) is 12.2. The highest BCUT2D eigenvalue weighted by Crippen LogP contribution is 2.24. The summed E-state index contributed by atoms with van der Waals surface area (Å²) >= 11 is 0. The third kappa shape index (κ3) is 5.90. The summed E-state index contributed by atoms with van der Waals surface area (Å²) in [5.74, 6) is 1.33. The molecular formula is C24H31N5O2. The monoisotopic (exact) mass is 421 g/mol. The zero-order valence-electron chi connectivity index (χ0n) is 18.2. The molecule has 7 nitrogen and oxygen atoms in total. The Morgan fingerprint density at radius 2 is 2.06 bits per heavy atom. The zero-order chi connectivity index (χ0) is 21.5. The van der Waals surface area contributed by atoms with E-state index in [0.717, 1.165) is 43.2 Å². The summed E-state index contributed by atoms with van der Waals surface area (Å²) in [5, 5.41) is 4.39. The number of benzene rings is 1. The van der Waals surface area contributed by atoms with Gasteiger partial charge in [0.2, 0.25) is 5.88 Å². The number of nitrogens with one attached hydrogen (secondary N) is 1. The van der Waals surface area contributed by atoms with Crippen LogP contribution in [0.25, 0.3) is 0 Å². The molecule has 1 aromatic carbocycles. The van der Waals surface area contributed by atoms with E-state index < -0.39 is 0 Å². The van der Waals surface area contributed by atoms with E-state index in [-0.39, 0.29) is 0 Å². The zero-order valence-corrected chi connectivity index (χ0v) is 18.2. The van der Waals surface area contributed by atoms with Crippen molar-refractivity contribution in [1.82, 2.24) is 9.88 Å². The molecule has 1 N–H and O–H groups in total. The largest absolute Gasteiger partial charge is 0.478 e. The number of nitrogens with zero attached hydrogens (tertiary/aromatic N) is 4. The van der Waals surface area contributed by atoms with Gasteiger partial charge in [-0.25, -0.2) is 4.98 Å². The standard InChI is InChI=1S/C24H31N5O2/c1-19-7-6-8-21(15-19)27-25-18-22-16-23(29-9-4-3-5-10-29)17-24(26-22)31-14-12-28-11-13-30-20(28)2/h6-8,15-18,27H,2-5,9-14H2,1H3/b25-18+. The van der Waals surface area contributed by atoms with Crippen molar-refractivity contribution in [3.05, 3.63) is 60.1 Å². The lowest BCUT2D eigenvalue weighted by Gasteiger charge is -2.29. The maximum atomic E-state index is 6.01. The Kier molecular flexibility index (Phi) is 6.92. The van der Waals surface area contributed by atoms with E-state index in [1.165, 1.54) is 24.8 Å². The first-order chi connectivity index (χ1) is 15.2. The molecule has 0 unspecified atom stereocenters. The Morgan fingerprint density at radius 1 is 1.19 bits per heavy atom. The van der Waals surface area contributed by atoms with Gasteiger partial charge in [-0.2, -0.15) is 5.10 Å². The van der Waals surface area contributed by atoms with Gasteiger partial charge < -0.3 is 19.3 Å². The second kappa shape index (κ2) is 10.2. The van der Waals surface area contributed by atoms with Crippen LogP contribution in [0.4, 0.5) is 11.4 Å². The second-order valence-corrected chi connectivity index (χ2v) is 7.95. The van der Waals surface area contributed by atoms with Gasteiger partial charge in [-0.1, -0.05) is 12.1 Å². The molecular weight excluding hydrogens is 390 g/mol. The highest BCUT2D eigenvalue weighted by molar-refractivity contribution is 5.80. The van der Waals surface area contributed by atoms with Gasteiger partial charge in [0.15, 0.2) is 5.88 Å². The first kappa shape index (κ1) is 21.0. The van der Waals surface area contributed by atoms with Crippen LogP contribution in [0.1, 0.15) is 30.5 Å². The lowest BCUT2D eigenvalue weighted by Crippen LogP contribution is -2.29. The van der Waals surface area contributed by atoms with Crippen molar-refractivity contribution in [2.75, 3.05) is 49.7 Å². The van der Waals surface area contributed by atoms with Crippen LogP contribution in [0.5, 0.6) is 5.88 Å². The van der Waals surface area contributed by atoms with Crippen LogP contribution >= 0.6 is 0 Å². The van der Waals surface area contributed by atoms with Crippen LogP contribution in [0.2, 0.25) is 0 Å². The molecule has 7 heteroatoms. The summed E-state index contributed by atoms with van der Waals surface area (Å²) in [5.41, 5.74) is 7.13. The van der Waals surface area contributed by atoms with Gasteiger partial charge in [-0.3, -0.25) is 5.43 Å². The molecule has 2 aliphatic rings. The number of piperidine rings is 1. The van der Waals surface area contributed by atoms with E-state index in [1.54, 1.807) is 6.21 Å². The molecule has 0 bridgehead atoms. The fourth-order valence-electron chi connectivity index (χ4n) is 3.86. The quantitative estimate of drug-likeness (QED) is 0.513. The van der Waals surface area contributed by atoms with Crippen LogP contribution in [-0.4, -0.2) is 55.5 Å². The molecule has 0 saturated carbocycles. The van der Waals surface area contributed by atoms with E-state index in [2.05, 4.69) is 57.0 Å². The average Bonchev–Trinajstić information content (AvgIpc) is 3.19. The molecule has 1 aromatic heterocycles. The van der Waals surface area contributed by atoms with Crippen LogP contribution in [-0.2, 0) is 4.74 Å². The smallest absolute Gasteiger partial charge is 0.215 e. The molecule has 0 atom stereocenters. The first-order valence-corrected chi connectivity index (χ1v) is 11.0. The summed E-state index contributed by atoms with van der Waals surface area (Å²) in [4.78, 5) is 9.14. The lowest BCUT2D eigenvalue weighted by molar-refractivity contribution is 0.210. The number of ether oxygens (including phenoxy) is 2. The molecule has 164 valence electrons. The molecule has 3 heterocycles. The third-order valence-electron chi connectivity index (χ3n) is 5.53. The summed E-state index contributed by atoms with van der Waals surface area (Å²) < 4.78 is 11.4. The Bertz CT molecular complexity index is 924. The van der Waals surface area contributed by atoms with E-state index >= 15 is 0 Å². The average molecular weight is 422 g/mol. The molecule has 0 amide bonds. The minimum atomic E-state index is 0.525. The number of rotatable bonds is 8. The molecule has 2 aromatic rings. The number of pyridine rings is 1. The van der Waals surface area contributed by atoms with Gasteiger partial charge in [0, 0.05) is 24.8 Å². The number of hydrogen-bond acceptors (Lipinski definition) is 7. The molecule has 2 fully saturated rings. The summed E-state index contributed by atoms with van der Waals surface area (Å²) in [6.07, 6.45) is 5.47. The van der Waals surface area contributed by atoms with Gasteiger partial charge in [0.1, 0.15) is 13.2 Å². The van der Waals surface area contributed by atoms with Crippen molar-refractivity contribution in [3.8, 4) is 5.88 Å². The van der Waals surface area contributed by atoms with Crippen LogP contribution in [0, 0.1) is 6.92 Å². The van der Waals surface area contributed by atoms with Gasteiger partial charge in [0.25, 0.3) is 0 Å². The predicted molar refractivity (Wildman–Crippen MR) is 125 cm³/mol. The number of aryl methyl sites for hydroxylation is 1. The van der Waals surface area contributed by atoms with E-state index in [1.807, 2.05) is 18.2 Å². The Labute approximate surface area is 184 Å². The summed E-state index contributed by atoms with van der Waals surface area (Å²) in [6.45, 7) is 10.9.